The quantitative estimate of drug-likeness (QED) is 0.707. The first kappa shape index (κ1) is 11.0. The molecule has 1 aromatic carbocycles. The van der Waals surface area contributed by atoms with Crippen molar-refractivity contribution in [2.24, 2.45) is 11.7 Å². The number of nitrogen functional groups attached to an aromatic ring is 1. The lowest BCUT2D eigenvalue weighted by molar-refractivity contribution is -0.121. The predicted molar refractivity (Wildman–Crippen MR) is 63.8 cm³/mol. The van der Waals surface area contributed by atoms with Crippen molar-refractivity contribution in [2.45, 2.75) is 5.92 Å². The number of likely N-dealkylation sites (tertiary alicyclic amines) is 1. The molecule has 1 amide bonds. The van der Waals surface area contributed by atoms with Crippen molar-refractivity contribution < 1.29 is 4.79 Å². The SMILES string of the molecule is CN1CC(C(N)=O)C(c2cccc(N)c2)C1. The van der Waals surface area contributed by atoms with Crippen LogP contribution in [0.1, 0.15) is 11.5 Å². The Morgan fingerprint density at radius 3 is 2.81 bits per heavy atom. The largest absolute Gasteiger partial charge is 0.399 e. The Kier molecular flexibility index (Phi) is 2.83. The van der Waals surface area contributed by atoms with Crippen molar-refractivity contribution in [3.8, 4) is 0 Å². The van der Waals surface area contributed by atoms with Crippen LogP contribution in [0.3, 0.4) is 0 Å². The number of likely N-dealkylation sites (N-methyl/N-ethyl adjacent to an activating group) is 1. The van der Waals surface area contributed by atoms with Gasteiger partial charge in [0.25, 0.3) is 0 Å². The number of primary amides is 1. The number of nitrogens with zero attached hydrogens (tertiary/aromatic N) is 1. The topological polar surface area (TPSA) is 72.3 Å². The Labute approximate surface area is 95.2 Å². The van der Waals surface area contributed by atoms with E-state index in [4.69, 9.17) is 11.5 Å². The smallest absolute Gasteiger partial charge is 0.222 e. The number of rotatable bonds is 2. The van der Waals surface area contributed by atoms with Crippen LogP contribution in [-0.4, -0.2) is 30.9 Å². The van der Waals surface area contributed by atoms with Gasteiger partial charge in [-0.3, -0.25) is 4.79 Å². The standard InChI is InChI=1S/C12H17N3O/c1-15-6-10(11(7-15)12(14)16)8-3-2-4-9(13)5-8/h2-5,10-11H,6-7,13H2,1H3,(H2,14,16). The molecule has 86 valence electrons. The zero-order valence-corrected chi connectivity index (χ0v) is 9.39. The highest BCUT2D eigenvalue weighted by atomic mass is 16.1. The molecule has 2 unspecified atom stereocenters. The molecule has 2 atom stereocenters. The molecular weight excluding hydrogens is 202 g/mol. The minimum Gasteiger partial charge on any atom is -0.399 e. The molecule has 0 radical (unpaired) electrons. The molecule has 1 aliphatic heterocycles. The lowest BCUT2D eigenvalue weighted by Gasteiger charge is -2.16. The molecule has 0 spiro atoms. The lowest BCUT2D eigenvalue weighted by atomic mass is 9.88. The Morgan fingerprint density at radius 1 is 1.44 bits per heavy atom. The van der Waals surface area contributed by atoms with Crippen molar-refractivity contribution in [3.05, 3.63) is 29.8 Å². The summed E-state index contributed by atoms with van der Waals surface area (Å²) in [5.41, 5.74) is 13.0. The summed E-state index contributed by atoms with van der Waals surface area (Å²) in [4.78, 5) is 13.5. The molecule has 2 rings (SSSR count). The van der Waals surface area contributed by atoms with E-state index in [0.717, 1.165) is 24.3 Å². The van der Waals surface area contributed by atoms with E-state index in [1.807, 2.05) is 31.3 Å². The molecule has 4 nitrogen and oxygen atoms in total. The van der Waals surface area contributed by atoms with Gasteiger partial charge in [-0.25, -0.2) is 0 Å². The van der Waals surface area contributed by atoms with Gasteiger partial charge >= 0.3 is 0 Å². The van der Waals surface area contributed by atoms with Crippen LogP contribution in [0.15, 0.2) is 24.3 Å². The van der Waals surface area contributed by atoms with Crippen molar-refractivity contribution in [2.75, 3.05) is 25.9 Å². The van der Waals surface area contributed by atoms with Crippen molar-refractivity contribution in [3.63, 3.8) is 0 Å². The van der Waals surface area contributed by atoms with Gasteiger partial charge in [0, 0.05) is 24.7 Å². The molecule has 1 saturated heterocycles. The molecule has 4 N–H and O–H groups in total. The average Bonchev–Trinajstić information content (AvgIpc) is 2.60. The van der Waals surface area contributed by atoms with Crippen LogP contribution >= 0.6 is 0 Å². The van der Waals surface area contributed by atoms with E-state index < -0.39 is 0 Å². The highest BCUT2D eigenvalue weighted by molar-refractivity contribution is 5.78. The fraction of sp³-hybridized carbons (Fsp3) is 0.417. The van der Waals surface area contributed by atoms with Crippen LogP contribution in [-0.2, 0) is 4.79 Å². The normalized spacial score (nSPS) is 25.8. The lowest BCUT2D eigenvalue weighted by Crippen LogP contribution is -2.28. The fourth-order valence-corrected chi connectivity index (χ4v) is 2.42. The van der Waals surface area contributed by atoms with E-state index >= 15 is 0 Å². The van der Waals surface area contributed by atoms with Gasteiger partial charge in [0.15, 0.2) is 0 Å². The summed E-state index contributed by atoms with van der Waals surface area (Å²) in [6, 6.07) is 7.71. The van der Waals surface area contributed by atoms with E-state index in [1.165, 1.54) is 0 Å². The monoisotopic (exact) mass is 219 g/mol. The molecule has 1 heterocycles. The molecule has 1 fully saturated rings. The summed E-state index contributed by atoms with van der Waals surface area (Å²) < 4.78 is 0. The van der Waals surface area contributed by atoms with Crippen LogP contribution in [0.25, 0.3) is 0 Å². The molecule has 0 aliphatic carbocycles. The Bertz CT molecular complexity index is 405. The number of carbonyl (C=O) groups is 1. The second-order valence-corrected chi connectivity index (χ2v) is 4.51. The summed E-state index contributed by atoms with van der Waals surface area (Å²) in [6.45, 7) is 1.59. The van der Waals surface area contributed by atoms with E-state index in [1.54, 1.807) is 0 Å². The van der Waals surface area contributed by atoms with Crippen molar-refractivity contribution in [1.29, 1.82) is 0 Å². The third kappa shape index (κ3) is 2.02. The number of hydrogen-bond acceptors (Lipinski definition) is 3. The maximum absolute atomic E-state index is 11.4. The minimum atomic E-state index is -0.225. The Hall–Kier alpha value is -1.55. The summed E-state index contributed by atoms with van der Waals surface area (Å²) in [6.07, 6.45) is 0. The number of nitrogens with two attached hydrogens (primary N) is 2. The maximum atomic E-state index is 11.4. The molecule has 0 aromatic heterocycles. The molecular formula is C12H17N3O. The van der Waals surface area contributed by atoms with Crippen LogP contribution in [0, 0.1) is 5.92 Å². The second kappa shape index (κ2) is 4.14. The second-order valence-electron chi connectivity index (χ2n) is 4.51. The summed E-state index contributed by atoms with van der Waals surface area (Å²) >= 11 is 0. The van der Waals surface area contributed by atoms with Gasteiger partial charge in [0.1, 0.15) is 0 Å². The average molecular weight is 219 g/mol. The first-order valence-electron chi connectivity index (χ1n) is 5.41. The summed E-state index contributed by atoms with van der Waals surface area (Å²) in [5.74, 6) is -0.158. The van der Waals surface area contributed by atoms with Gasteiger partial charge in [-0.05, 0) is 24.7 Å². The van der Waals surface area contributed by atoms with Gasteiger partial charge in [-0.1, -0.05) is 12.1 Å². The highest BCUT2D eigenvalue weighted by Gasteiger charge is 2.35. The highest BCUT2D eigenvalue weighted by Crippen LogP contribution is 2.32. The van der Waals surface area contributed by atoms with Gasteiger partial charge in [0.05, 0.1) is 5.92 Å². The van der Waals surface area contributed by atoms with Crippen molar-refractivity contribution in [1.82, 2.24) is 4.90 Å². The minimum absolute atomic E-state index is 0.105. The Morgan fingerprint density at radius 2 is 2.19 bits per heavy atom. The summed E-state index contributed by atoms with van der Waals surface area (Å²) in [7, 11) is 2.00. The predicted octanol–water partition coefficient (Wildman–Crippen LogP) is 0.399. The van der Waals surface area contributed by atoms with Crippen LogP contribution in [0.5, 0.6) is 0 Å². The van der Waals surface area contributed by atoms with Crippen LogP contribution in [0.4, 0.5) is 5.69 Å². The number of hydrogen-bond donors (Lipinski definition) is 2. The molecule has 4 heteroatoms. The molecule has 1 aromatic rings. The van der Waals surface area contributed by atoms with Gasteiger partial charge < -0.3 is 16.4 Å². The third-order valence-corrected chi connectivity index (χ3v) is 3.21. The van der Waals surface area contributed by atoms with E-state index in [0.29, 0.717) is 0 Å². The van der Waals surface area contributed by atoms with Gasteiger partial charge in [-0.15, -0.1) is 0 Å². The van der Waals surface area contributed by atoms with Gasteiger partial charge in [-0.2, -0.15) is 0 Å². The maximum Gasteiger partial charge on any atom is 0.222 e. The number of anilines is 1. The molecule has 1 aliphatic rings. The zero-order valence-electron chi connectivity index (χ0n) is 9.39. The van der Waals surface area contributed by atoms with Crippen LogP contribution in [0.2, 0.25) is 0 Å². The van der Waals surface area contributed by atoms with Crippen molar-refractivity contribution >= 4 is 11.6 Å². The first-order chi connectivity index (χ1) is 7.58. The molecule has 16 heavy (non-hydrogen) atoms. The molecule has 0 bridgehead atoms. The number of amides is 1. The van der Waals surface area contributed by atoms with Gasteiger partial charge in [0.2, 0.25) is 5.91 Å². The Balaban J connectivity index is 2.28. The summed E-state index contributed by atoms with van der Waals surface area (Å²) in [5, 5.41) is 0. The zero-order chi connectivity index (χ0) is 11.7. The first-order valence-corrected chi connectivity index (χ1v) is 5.41. The third-order valence-electron chi connectivity index (χ3n) is 3.21. The van der Waals surface area contributed by atoms with E-state index in [-0.39, 0.29) is 17.7 Å². The van der Waals surface area contributed by atoms with Crippen LogP contribution < -0.4 is 11.5 Å². The van der Waals surface area contributed by atoms with E-state index in [2.05, 4.69) is 4.90 Å². The number of benzene rings is 1. The van der Waals surface area contributed by atoms with E-state index in [9.17, 15) is 4.79 Å². The number of carbonyl (C=O) groups excluding carboxylic acids is 1. The fourth-order valence-electron chi connectivity index (χ4n) is 2.42. The molecule has 0 saturated carbocycles.